The van der Waals surface area contributed by atoms with Gasteiger partial charge in [0.15, 0.2) is 0 Å². The molecule has 2 heteroatoms. The van der Waals surface area contributed by atoms with Gasteiger partial charge in [-0.2, -0.15) is 0 Å². The number of benzene rings is 2. The summed E-state index contributed by atoms with van der Waals surface area (Å²) in [6.07, 6.45) is 1.73. The summed E-state index contributed by atoms with van der Waals surface area (Å²) in [6, 6.07) is 11.6. The minimum absolute atomic E-state index is 0.285. The average Bonchev–Trinajstić information content (AvgIpc) is 2.37. The fourth-order valence-electron chi connectivity index (χ4n) is 1.83. The molecule has 0 aliphatic rings. The van der Waals surface area contributed by atoms with E-state index in [2.05, 4.69) is 6.58 Å². The summed E-state index contributed by atoms with van der Waals surface area (Å²) >= 11 is 0. The molecule has 0 saturated carbocycles. The number of fused-ring (bicyclic) bond motifs is 1. The maximum absolute atomic E-state index is 11.9. The molecule has 0 spiro atoms. The Hall–Kier alpha value is -2.09. The first-order valence-corrected chi connectivity index (χ1v) is 5.58. The third kappa shape index (κ3) is 2.21. The molecule has 0 saturated heterocycles. The zero-order valence-corrected chi connectivity index (χ0v) is 9.77. The summed E-state index contributed by atoms with van der Waals surface area (Å²) in [5.74, 6) is -0.285. The molecule has 0 unspecified atom stereocenters. The Labute approximate surface area is 101 Å². The molecule has 2 nitrogen and oxygen atoms in total. The molecule has 2 aromatic rings. The van der Waals surface area contributed by atoms with E-state index in [9.17, 15) is 4.79 Å². The lowest BCUT2D eigenvalue weighted by molar-refractivity contribution is 0.0528. The normalized spacial score (nSPS) is 10.2. The van der Waals surface area contributed by atoms with Gasteiger partial charge < -0.3 is 4.74 Å². The number of carbonyl (C=O) groups is 1. The second-order valence-electron chi connectivity index (χ2n) is 3.71. The number of hydrogen-bond donors (Lipinski definition) is 0. The van der Waals surface area contributed by atoms with Crippen LogP contribution in [0.25, 0.3) is 16.8 Å². The van der Waals surface area contributed by atoms with Gasteiger partial charge in [-0.15, -0.1) is 0 Å². The van der Waals surface area contributed by atoms with Crippen molar-refractivity contribution in [1.82, 2.24) is 0 Å². The molecule has 0 aliphatic carbocycles. The summed E-state index contributed by atoms with van der Waals surface area (Å²) in [7, 11) is 0. The van der Waals surface area contributed by atoms with Crippen molar-refractivity contribution in [1.29, 1.82) is 0 Å². The van der Waals surface area contributed by atoms with Crippen molar-refractivity contribution in [2.45, 2.75) is 6.92 Å². The Morgan fingerprint density at radius 3 is 2.82 bits per heavy atom. The Balaban J connectivity index is 2.66. The molecule has 0 bridgehead atoms. The van der Waals surface area contributed by atoms with Gasteiger partial charge in [0.1, 0.15) is 0 Å². The lowest BCUT2D eigenvalue weighted by Crippen LogP contribution is -2.05. The molecule has 0 radical (unpaired) electrons. The second kappa shape index (κ2) is 4.83. The van der Waals surface area contributed by atoms with Crippen LogP contribution in [-0.2, 0) is 4.74 Å². The predicted octanol–water partition coefficient (Wildman–Crippen LogP) is 3.66. The summed E-state index contributed by atoms with van der Waals surface area (Å²) in [6.45, 7) is 5.92. The standard InChI is InChI=1S/C15H14O2/c1-3-11-9-12-7-5-6-8-13(12)14(10-11)15(16)17-4-2/h3,5-10H,1,4H2,2H3. The van der Waals surface area contributed by atoms with E-state index < -0.39 is 0 Å². The molecule has 0 aliphatic heterocycles. The SMILES string of the molecule is C=Cc1cc(C(=O)OCC)c2ccccc2c1. The largest absolute Gasteiger partial charge is 0.462 e. The molecule has 0 aromatic heterocycles. The number of hydrogen-bond acceptors (Lipinski definition) is 2. The van der Waals surface area contributed by atoms with E-state index >= 15 is 0 Å². The lowest BCUT2D eigenvalue weighted by Gasteiger charge is -2.07. The van der Waals surface area contributed by atoms with Gasteiger partial charge in [0, 0.05) is 0 Å². The smallest absolute Gasteiger partial charge is 0.338 e. The number of ether oxygens (including phenoxy) is 1. The van der Waals surface area contributed by atoms with E-state index in [-0.39, 0.29) is 5.97 Å². The Morgan fingerprint density at radius 1 is 1.35 bits per heavy atom. The summed E-state index contributed by atoms with van der Waals surface area (Å²) < 4.78 is 5.06. The van der Waals surface area contributed by atoms with E-state index in [4.69, 9.17) is 4.74 Å². The van der Waals surface area contributed by atoms with Crippen molar-refractivity contribution < 1.29 is 9.53 Å². The third-order valence-electron chi connectivity index (χ3n) is 2.62. The third-order valence-corrected chi connectivity index (χ3v) is 2.62. The summed E-state index contributed by atoms with van der Waals surface area (Å²) in [5, 5.41) is 1.93. The average molecular weight is 226 g/mol. The van der Waals surface area contributed by atoms with Crippen molar-refractivity contribution in [3.05, 3.63) is 54.1 Å². The van der Waals surface area contributed by atoms with Gasteiger partial charge in [0.2, 0.25) is 0 Å². The summed E-state index contributed by atoms with van der Waals surface area (Å²) in [5.41, 5.74) is 1.52. The highest BCUT2D eigenvalue weighted by atomic mass is 16.5. The van der Waals surface area contributed by atoms with Crippen LogP contribution in [0.3, 0.4) is 0 Å². The molecular weight excluding hydrogens is 212 g/mol. The second-order valence-corrected chi connectivity index (χ2v) is 3.71. The van der Waals surface area contributed by atoms with Crippen LogP contribution >= 0.6 is 0 Å². The van der Waals surface area contributed by atoms with Crippen LogP contribution in [-0.4, -0.2) is 12.6 Å². The first kappa shape index (κ1) is 11.4. The molecular formula is C15H14O2. The molecule has 0 amide bonds. The Morgan fingerprint density at radius 2 is 2.12 bits per heavy atom. The molecule has 86 valence electrons. The zero-order valence-electron chi connectivity index (χ0n) is 9.77. The van der Waals surface area contributed by atoms with Crippen molar-refractivity contribution in [3.63, 3.8) is 0 Å². The van der Waals surface area contributed by atoms with Crippen molar-refractivity contribution in [3.8, 4) is 0 Å². The predicted molar refractivity (Wildman–Crippen MR) is 70.0 cm³/mol. The first-order chi connectivity index (χ1) is 8.26. The zero-order chi connectivity index (χ0) is 12.3. The van der Waals surface area contributed by atoms with Gasteiger partial charge in [-0.3, -0.25) is 0 Å². The van der Waals surface area contributed by atoms with Crippen LogP contribution in [0.15, 0.2) is 43.0 Å². The molecule has 0 fully saturated rings. The Bertz CT molecular complexity index is 570. The van der Waals surface area contributed by atoms with Crippen LogP contribution in [0, 0.1) is 0 Å². The minimum Gasteiger partial charge on any atom is -0.462 e. The van der Waals surface area contributed by atoms with E-state index in [0.29, 0.717) is 12.2 Å². The molecule has 2 rings (SSSR count). The van der Waals surface area contributed by atoms with Crippen molar-refractivity contribution in [2.24, 2.45) is 0 Å². The van der Waals surface area contributed by atoms with Crippen LogP contribution in [0.2, 0.25) is 0 Å². The highest BCUT2D eigenvalue weighted by Crippen LogP contribution is 2.22. The molecule has 0 heterocycles. The van der Waals surface area contributed by atoms with Crippen LogP contribution < -0.4 is 0 Å². The monoisotopic (exact) mass is 226 g/mol. The van der Waals surface area contributed by atoms with E-state index in [1.165, 1.54) is 0 Å². The van der Waals surface area contributed by atoms with Crippen LogP contribution in [0.1, 0.15) is 22.8 Å². The van der Waals surface area contributed by atoms with E-state index in [0.717, 1.165) is 16.3 Å². The van der Waals surface area contributed by atoms with E-state index in [1.54, 1.807) is 13.0 Å². The van der Waals surface area contributed by atoms with Crippen molar-refractivity contribution >= 4 is 22.8 Å². The maximum Gasteiger partial charge on any atom is 0.338 e. The van der Waals surface area contributed by atoms with Crippen molar-refractivity contribution in [2.75, 3.05) is 6.61 Å². The van der Waals surface area contributed by atoms with Gasteiger partial charge >= 0.3 is 5.97 Å². The van der Waals surface area contributed by atoms with E-state index in [1.807, 2.05) is 36.4 Å². The molecule has 2 aromatic carbocycles. The van der Waals surface area contributed by atoms with Gasteiger partial charge in [-0.25, -0.2) is 4.79 Å². The van der Waals surface area contributed by atoms with Crippen LogP contribution in [0.5, 0.6) is 0 Å². The number of esters is 1. The maximum atomic E-state index is 11.9. The number of rotatable bonds is 3. The quantitative estimate of drug-likeness (QED) is 0.746. The first-order valence-electron chi connectivity index (χ1n) is 5.58. The van der Waals surface area contributed by atoms with Gasteiger partial charge in [0.05, 0.1) is 12.2 Å². The highest BCUT2D eigenvalue weighted by Gasteiger charge is 2.11. The Kier molecular flexibility index (Phi) is 3.24. The highest BCUT2D eigenvalue weighted by molar-refractivity contribution is 6.05. The molecule has 0 atom stereocenters. The van der Waals surface area contributed by atoms with Gasteiger partial charge in [-0.1, -0.05) is 36.9 Å². The fraction of sp³-hybridized carbons (Fsp3) is 0.133. The topological polar surface area (TPSA) is 26.3 Å². The number of carbonyl (C=O) groups excluding carboxylic acids is 1. The van der Waals surface area contributed by atoms with Gasteiger partial charge in [0.25, 0.3) is 0 Å². The molecule has 17 heavy (non-hydrogen) atoms. The summed E-state index contributed by atoms with van der Waals surface area (Å²) in [4.78, 5) is 11.9. The fourth-order valence-corrected chi connectivity index (χ4v) is 1.83. The lowest BCUT2D eigenvalue weighted by atomic mass is 10.0. The van der Waals surface area contributed by atoms with Crippen LogP contribution in [0.4, 0.5) is 0 Å². The minimum atomic E-state index is -0.285. The molecule has 0 N–H and O–H groups in total. The van der Waals surface area contributed by atoms with Gasteiger partial charge in [-0.05, 0) is 35.4 Å².